The molecule has 2 heteroatoms. The van der Waals surface area contributed by atoms with E-state index in [0.717, 1.165) is 25.9 Å². The lowest BCUT2D eigenvalue weighted by Crippen LogP contribution is -2.13. The number of aliphatic hydroxyl groups is 1. The van der Waals surface area contributed by atoms with Gasteiger partial charge in [0.2, 0.25) is 0 Å². The number of aliphatic hydroxyl groups excluding tert-OH is 1. The predicted molar refractivity (Wildman–Crippen MR) is 35.3 cm³/mol. The molecular formula is C7H14O2. The maximum absolute atomic E-state index is 9.18. The first-order valence-corrected chi connectivity index (χ1v) is 3.58. The maximum atomic E-state index is 9.18. The van der Waals surface area contributed by atoms with E-state index in [1.54, 1.807) is 0 Å². The molecule has 9 heavy (non-hydrogen) atoms. The Morgan fingerprint density at radius 3 is 3.11 bits per heavy atom. The second kappa shape index (κ2) is 3.18. The van der Waals surface area contributed by atoms with E-state index in [9.17, 15) is 5.11 Å². The number of hydrogen-bond donors (Lipinski definition) is 1. The average Bonchev–Trinajstić information content (AvgIpc) is 1.93. The Hall–Kier alpha value is -0.0800. The molecule has 2 nitrogen and oxygen atoms in total. The highest BCUT2D eigenvalue weighted by Gasteiger charge is 2.13. The smallest absolute Gasteiger partial charge is 0.0571 e. The van der Waals surface area contributed by atoms with Gasteiger partial charge in [0, 0.05) is 6.61 Å². The van der Waals surface area contributed by atoms with Crippen LogP contribution < -0.4 is 0 Å². The van der Waals surface area contributed by atoms with Crippen molar-refractivity contribution in [1.29, 1.82) is 0 Å². The third kappa shape index (κ3) is 2.33. The molecule has 1 heterocycles. The van der Waals surface area contributed by atoms with Gasteiger partial charge in [0.25, 0.3) is 0 Å². The second-order valence-corrected chi connectivity index (χ2v) is 2.71. The number of ether oxygens (including phenoxy) is 1. The van der Waals surface area contributed by atoms with Gasteiger partial charge >= 0.3 is 0 Å². The van der Waals surface area contributed by atoms with Crippen molar-refractivity contribution in [3.63, 3.8) is 0 Å². The van der Waals surface area contributed by atoms with Crippen molar-refractivity contribution in [2.45, 2.75) is 38.4 Å². The highest BCUT2D eigenvalue weighted by molar-refractivity contribution is 4.64. The summed E-state index contributed by atoms with van der Waals surface area (Å²) < 4.78 is 5.31. The molecule has 0 saturated carbocycles. The van der Waals surface area contributed by atoms with E-state index in [2.05, 4.69) is 0 Å². The SMILES string of the molecule is CC1CC(O)CCCO1. The van der Waals surface area contributed by atoms with E-state index in [1.165, 1.54) is 0 Å². The molecule has 0 aromatic rings. The van der Waals surface area contributed by atoms with Crippen LogP contribution in [-0.4, -0.2) is 23.9 Å². The van der Waals surface area contributed by atoms with Crippen molar-refractivity contribution in [2.75, 3.05) is 6.61 Å². The number of rotatable bonds is 0. The lowest BCUT2D eigenvalue weighted by Gasteiger charge is -2.09. The zero-order valence-electron chi connectivity index (χ0n) is 5.84. The molecule has 2 unspecified atom stereocenters. The van der Waals surface area contributed by atoms with Gasteiger partial charge in [-0.2, -0.15) is 0 Å². The molecule has 0 radical (unpaired) electrons. The van der Waals surface area contributed by atoms with Crippen molar-refractivity contribution >= 4 is 0 Å². The lowest BCUT2D eigenvalue weighted by atomic mass is 10.1. The fourth-order valence-corrected chi connectivity index (χ4v) is 1.17. The quantitative estimate of drug-likeness (QED) is 0.528. The first-order valence-electron chi connectivity index (χ1n) is 3.58. The third-order valence-corrected chi connectivity index (χ3v) is 1.69. The van der Waals surface area contributed by atoms with Crippen LogP contribution in [0.2, 0.25) is 0 Å². The minimum Gasteiger partial charge on any atom is -0.393 e. The molecule has 0 aromatic heterocycles. The van der Waals surface area contributed by atoms with E-state index < -0.39 is 0 Å². The van der Waals surface area contributed by atoms with E-state index in [0.29, 0.717) is 0 Å². The largest absolute Gasteiger partial charge is 0.393 e. The van der Waals surface area contributed by atoms with Crippen LogP contribution in [0, 0.1) is 0 Å². The van der Waals surface area contributed by atoms with Crippen molar-refractivity contribution < 1.29 is 9.84 Å². The van der Waals surface area contributed by atoms with E-state index >= 15 is 0 Å². The van der Waals surface area contributed by atoms with Crippen LogP contribution in [0.4, 0.5) is 0 Å². The van der Waals surface area contributed by atoms with Crippen molar-refractivity contribution in [1.82, 2.24) is 0 Å². The van der Waals surface area contributed by atoms with Crippen LogP contribution in [0.3, 0.4) is 0 Å². The molecule has 0 aliphatic carbocycles. The summed E-state index contributed by atoms with van der Waals surface area (Å²) in [5.74, 6) is 0. The van der Waals surface area contributed by atoms with Gasteiger partial charge < -0.3 is 9.84 Å². The van der Waals surface area contributed by atoms with Gasteiger partial charge in [-0.05, 0) is 26.2 Å². The maximum Gasteiger partial charge on any atom is 0.0571 e. The topological polar surface area (TPSA) is 29.5 Å². The molecule has 1 N–H and O–H groups in total. The molecule has 2 atom stereocenters. The number of hydrogen-bond acceptors (Lipinski definition) is 2. The Kier molecular flexibility index (Phi) is 2.49. The van der Waals surface area contributed by atoms with Crippen LogP contribution in [0.15, 0.2) is 0 Å². The van der Waals surface area contributed by atoms with Gasteiger partial charge in [-0.3, -0.25) is 0 Å². The molecule has 1 rings (SSSR count). The van der Waals surface area contributed by atoms with E-state index in [1.807, 2.05) is 6.92 Å². The summed E-state index contributed by atoms with van der Waals surface area (Å²) in [4.78, 5) is 0. The van der Waals surface area contributed by atoms with E-state index in [4.69, 9.17) is 4.74 Å². The average molecular weight is 130 g/mol. The fourth-order valence-electron chi connectivity index (χ4n) is 1.17. The molecule has 0 bridgehead atoms. The summed E-state index contributed by atoms with van der Waals surface area (Å²) >= 11 is 0. The van der Waals surface area contributed by atoms with Crippen molar-refractivity contribution in [3.8, 4) is 0 Å². The fraction of sp³-hybridized carbons (Fsp3) is 1.00. The molecule has 0 spiro atoms. The molecule has 1 aliphatic rings. The highest BCUT2D eigenvalue weighted by Crippen LogP contribution is 2.12. The lowest BCUT2D eigenvalue weighted by molar-refractivity contribution is 0.0532. The molecular weight excluding hydrogens is 116 g/mol. The zero-order chi connectivity index (χ0) is 6.69. The summed E-state index contributed by atoms with van der Waals surface area (Å²) in [5, 5.41) is 9.18. The van der Waals surface area contributed by atoms with Crippen LogP contribution >= 0.6 is 0 Å². The first kappa shape index (κ1) is 7.03. The third-order valence-electron chi connectivity index (χ3n) is 1.69. The van der Waals surface area contributed by atoms with Crippen LogP contribution in [0.5, 0.6) is 0 Å². The summed E-state index contributed by atoms with van der Waals surface area (Å²) in [6.45, 7) is 2.83. The molecule has 0 aromatic carbocycles. The van der Waals surface area contributed by atoms with Crippen molar-refractivity contribution in [2.24, 2.45) is 0 Å². The second-order valence-electron chi connectivity index (χ2n) is 2.71. The predicted octanol–water partition coefficient (Wildman–Crippen LogP) is 0.936. The minimum absolute atomic E-state index is 0.123. The molecule has 1 aliphatic heterocycles. The van der Waals surface area contributed by atoms with Gasteiger partial charge in [-0.1, -0.05) is 0 Å². The first-order chi connectivity index (χ1) is 4.29. The van der Waals surface area contributed by atoms with Gasteiger partial charge in [0.1, 0.15) is 0 Å². The molecule has 0 amide bonds. The van der Waals surface area contributed by atoms with Crippen molar-refractivity contribution in [3.05, 3.63) is 0 Å². The van der Waals surface area contributed by atoms with Gasteiger partial charge in [-0.15, -0.1) is 0 Å². The highest BCUT2D eigenvalue weighted by atomic mass is 16.5. The molecule has 54 valence electrons. The van der Waals surface area contributed by atoms with Crippen LogP contribution in [0.1, 0.15) is 26.2 Å². The van der Waals surface area contributed by atoms with Crippen LogP contribution in [0.25, 0.3) is 0 Å². The molecule has 1 fully saturated rings. The van der Waals surface area contributed by atoms with Crippen LogP contribution in [-0.2, 0) is 4.74 Å². The summed E-state index contributed by atoms with van der Waals surface area (Å²) in [7, 11) is 0. The zero-order valence-corrected chi connectivity index (χ0v) is 5.84. The standard InChI is InChI=1S/C7H14O2/c1-6-5-7(8)3-2-4-9-6/h6-8H,2-5H2,1H3. The summed E-state index contributed by atoms with van der Waals surface area (Å²) in [6.07, 6.45) is 2.85. The van der Waals surface area contributed by atoms with Gasteiger partial charge in [0.05, 0.1) is 12.2 Å². The van der Waals surface area contributed by atoms with Gasteiger partial charge in [0.15, 0.2) is 0 Å². The Morgan fingerprint density at radius 1 is 1.56 bits per heavy atom. The monoisotopic (exact) mass is 130 g/mol. The Bertz CT molecular complexity index is 73.0. The summed E-state index contributed by atoms with van der Waals surface area (Å²) in [6, 6.07) is 0. The Morgan fingerprint density at radius 2 is 2.33 bits per heavy atom. The molecule has 1 saturated heterocycles. The van der Waals surface area contributed by atoms with E-state index in [-0.39, 0.29) is 12.2 Å². The van der Waals surface area contributed by atoms with Gasteiger partial charge in [-0.25, -0.2) is 0 Å². The summed E-state index contributed by atoms with van der Waals surface area (Å²) in [5.41, 5.74) is 0. The Labute approximate surface area is 55.8 Å². The normalized spacial score (nSPS) is 38.0. The Balaban J connectivity index is 2.29. The minimum atomic E-state index is -0.123.